The Kier molecular flexibility index (Phi) is 3.56. The highest BCUT2D eigenvalue weighted by Gasteiger charge is 2.31. The zero-order valence-corrected chi connectivity index (χ0v) is 7.82. The third-order valence-electron chi connectivity index (χ3n) is 2.05. The number of carbonyl (C=O) groups is 1. The van der Waals surface area contributed by atoms with Gasteiger partial charge >= 0.3 is 6.09 Å². The van der Waals surface area contributed by atoms with Crippen LogP contribution in [0.15, 0.2) is 0 Å². The van der Waals surface area contributed by atoms with Gasteiger partial charge in [-0.05, 0) is 6.42 Å². The number of nitrogens with zero attached hydrogens (tertiary/aromatic N) is 2. The Hall–Kier alpha value is -1.24. The van der Waals surface area contributed by atoms with Crippen LogP contribution in [0.3, 0.4) is 0 Å². The van der Waals surface area contributed by atoms with Crippen molar-refractivity contribution in [2.75, 3.05) is 19.7 Å². The van der Waals surface area contributed by atoms with Crippen LogP contribution >= 0.6 is 0 Å². The van der Waals surface area contributed by atoms with Gasteiger partial charge in [0.15, 0.2) is 0 Å². The molecule has 0 aromatic heterocycles. The lowest BCUT2D eigenvalue weighted by Gasteiger charge is -2.34. The van der Waals surface area contributed by atoms with E-state index in [-0.39, 0.29) is 12.0 Å². The number of amides is 1. The summed E-state index contributed by atoms with van der Waals surface area (Å²) in [6, 6.07) is 2.10. The van der Waals surface area contributed by atoms with Crippen LogP contribution < -0.4 is 0 Å². The molecule has 0 spiro atoms. The molecule has 1 heterocycles. The van der Waals surface area contributed by atoms with Gasteiger partial charge in [0.25, 0.3) is 0 Å². The highest BCUT2D eigenvalue weighted by molar-refractivity contribution is 5.68. The lowest BCUT2D eigenvalue weighted by Crippen LogP contribution is -2.49. The number of likely N-dealkylation sites (tertiary alicyclic amines) is 1. The number of rotatable bonds is 3. The van der Waals surface area contributed by atoms with Gasteiger partial charge < -0.3 is 9.64 Å². The monoisotopic (exact) mass is 182 g/mol. The minimum absolute atomic E-state index is 0.0127. The molecule has 0 atom stereocenters. The molecule has 1 fully saturated rings. The number of unbranched alkanes of at least 4 members (excludes halogenated alkanes) is 1. The van der Waals surface area contributed by atoms with Gasteiger partial charge in [-0.15, -0.1) is 0 Å². The van der Waals surface area contributed by atoms with Gasteiger partial charge in [0.2, 0.25) is 0 Å². The third-order valence-corrected chi connectivity index (χ3v) is 2.05. The molecule has 0 aromatic carbocycles. The maximum Gasteiger partial charge on any atom is 0.409 e. The Morgan fingerprint density at radius 1 is 1.69 bits per heavy atom. The van der Waals surface area contributed by atoms with Crippen LogP contribution in [0, 0.1) is 17.2 Å². The smallest absolute Gasteiger partial charge is 0.409 e. The summed E-state index contributed by atoms with van der Waals surface area (Å²) in [6.45, 7) is 3.59. The van der Waals surface area contributed by atoms with Crippen molar-refractivity contribution >= 4 is 6.09 Å². The molecule has 1 saturated heterocycles. The van der Waals surface area contributed by atoms with Crippen LogP contribution in [-0.2, 0) is 4.74 Å². The number of nitriles is 1. The summed E-state index contributed by atoms with van der Waals surface area (Å²) >= 11 is 0. The van der Waals surface area contributed by atoms with E-state index in [0.29, 0.717) is 19.7 Å². The van der Waals surface area contributed by atoms with E-state index >= 15 is 0 Å². The molecular weight excluding hydrogens is 168 g/mol. The van der Waals surface area contributed by atoms with Crippen molar-refractivity contribution in [3.63, 3.8) is 0 Å². The van der Waals surface area contributed by atoms with E-state index in [0.717, 1.165) is 12.8 Å². The van der Waals surface area contributed by atoms with Crippen LogP contribution in [0.5, 0.6) is 0 Å². The average molecular weight is 182 g/mol. The Bertz CT molecular complexity index is 216. The fourth-order valence-corrected chi connectivity index (χ4v) is 1.10. The lowest BCUT2D eigenvalue weighted by atomic mass is 10.0. The molecule has 1 amide bonds. The Morgan fingerprint density at radius 3 is 2.92 bits per heavy atom. The topological polar surface area (TPSA) is 53.3 Å². The molecule has 0 aromatic rings. The Morgan fingerprint density at radius 2 is 2.38 bits per heavy atom. The van der Waals surface area contributed by atoms with Crippen molar-refractivity contribution in [1.82, 2.24) is 4.90 Å². The largest absolute Gasteiger partial charge is 0.449 e. The highest BCUT2D eigenvalue weighted by atomic mass is 16.6. The molecule has 0 bridgehead atoms. The summed E-state index contributed by atoms with van der Waals surface area (Å²) in [5.74, 6) is 0.0127. The normalized spacial score (nSPS) is 16.2. The molecule has 4 nitrogen and oxygen atoms in total. The van der Waals surface area contributed by atoms with Gasteiger partial charge in [0.1, 0.15) is 0 Å². The first kappa shape index (κ1) is 9.85. The van der Waals surface area contributed by atoms with Crippen LogP contribution in [0.1, 0.15) is 19.8 Å². The summed E-state index contributed by atoms with van der Waals surface area (Å²) < 4.78 is 4.96. The summed E-state index contributed by atoms with van der Waals surface area (Å²) in [6.07, 6.45) is 1.65. The molecule has 1 aliphatic rings. The number of carbonyl (C=O) groups excluding carboxylic acids is 1. The molecule has 1 aliphatic heterocycles. The maximum atomic E-state index is 11.2. The van der Waals surface area contributed by atoms with Gasteiger partial charge in [0.05, 0.1) is 18.6 Å². The van der Waals surface area contributed by atoms with E-state index in [9.17, 15) is 4.79 Å². The Balaban J connectivity index is 2.09. The van der Waals surface area contributed by atoms with Gasteiger partial charge in [-0.3, -0.25) is 0 Å². The van der Waals surface area contributed by atoms with Gasteiger partial charge in [-0.1, -0.05) is 13.3 Å². The summed E-state index contributed by atoms with van der Waals surface area (Å²) in [5, 5.41) is 8.47. The first-order valence-electron chi connectivity index (χ1n) is 4.59. The molecule has 0 N–H and O–H groups in total. The van der Waals surface area contributed by atoms with Crippen LogP contribution in [0.4, 0.5) is 4.79 Å². The molecule has 13 heavy (non-hydrogen) atoms. The highest BCUT2D eigenvalue weighted by Crippen LogP contribution is 2.15. The van der Waals surface area contributed by atoms with Crippen molar-refractivity contribution in [2.45, 2.75) is 19.8 Å². The predicted octanol–water partition coefficient (Wildman–Crippen LogP) is 1.38. The molecule has 0 aliphatic carbocycles. The Labute approximate surface area is 78.1 Å². The zero-order valence-electron chi connectivity index (χ0n) is 7.82. The molecule has 0 unspecified atom stereocenters. The van der Waals surface area contributed by atoms with Crippen LogP contribution in [-0.4, -0.2) is 30.7 Å². The first-order chi connectivity index (χ1) is 6.27. The van der Waals surface area contributed by atoms with Crippen molar-refractivity contribution < 1.29 is 9.53 Å². The molecule has 0 saturated carbocycles. The number of hydrogen-bond acceptors (Lipinski definition) is 3. The molecule has 72 valence electrons. The van der Waals surface area contributed by atoms with Gasteiger partial charge in [-0.25, -0.2) is 4.79 Å². The van der Waals surface area contributed by atoms with Gasteiger partial charge in [0, 0.05) is 13.1 Å². The lowest BCUT2D eigenvalue weighted by molar-refractivity contribution is 0.0661. The predicted molar refractivity (Wildman–Crippen MR) is 46.9 cm³/mol. The molecular formula is C9H14N2O2. The van der Waals surface area contributed by atoms with Gasteiger partial charge in [-0.2, -0.15) is 5.26 Å². The minimum atomic E-state index is -0.278. The minimum Gasteiger partial charge on any atom is -0.449 e. The van der Waals surface area contributed by atoms with Crippen molar-refractivity contribution in [3.8, 4) is 6.07 Å². The summed E-state index contributed by atoms with van der Waals surface area (Å²) in [4.78, 5) is 12.7. The van der Waals surface area contributed by atoms with E-state index < -0.39 is 0 Å². The number of hydrogen-bond donors (Lipinski definition) is 0. The van der Waals surface area contributed by atoms with Crippen LogP contribution in [0.25, 0.3) is 0 Å². The van der Waals surface area contributed by atoms with E-state index in [1.165, 1.54) is 0 Å². The van der Waals surface area contributed by atoms with Crippen LogP contribution in [0.2, 0.25) is 0 Å². The second-order valence-electron chi connectivity index (χ2n) is 3.20. The first-order valence-corrected chi connectivity index (χ1v) is 4.59. The van der Waals surface area contributed by atoms with E-state index in [1.807, 2.05) is 6.92 Å². The fourth-order valence-electron chi connectivity index (χ4n) is 1.10. The maximum absolute atomic E-state index is 11.2. The molecule has 4 heteroatoms. The van der Waals surface area contributed by atoms with Crippen molar-refractivity contribution in [2.24, 2.45) is 5.92 Å². The molecule has 1 rings (SSSR count). The van der Waals surface area contributed by atoms with E-state index in [2.05, 4.69) is 6.07 Å². The second kappa shape index (κ2) is 4.70. The van der Waals surface area contributed by atoms with E-state index in [1.54, 1.807) is 4.90 Å². The zero-order chi connectivity index (χ0) is 9.68. The second-order valence-corrected chi connectivity index (χ2v) is 3.20. The molecule has 0 radical (unpaired) electrons. The quantitative estimate of drug-likeness (QED) is 0.619. The fraction of sp³-hybridized carbons (Fsp3) is 0.778. The van der Waals surface area contributed by atoms with E-state index in [4.69, 9.17) is 10.00 Å². The third kappa shape index (κ3) is 2.62. The number of ether oxygens (including phenoxy) is 1. The summed E-state index contributed by atoms with van der Waals surface area (Å²) in [7, 11) is 0. The average Bonchev–Trinajstić information content (AvgIpc) is 2.03. The summed E-state index contributed by atoms with van der Waals surface area (Å²) in [5.41, 5.74) is 0. The van der Waals surface area contributed by atoms with Crippen molar-refractivity contribution in [3.05, 3.63) is 0 Å². The van der Waals surface area contributed by atoms with Crippen molar-refractivity contribution in [1.29, 1.82) is 5.26 Å². The standard InChI is InChI=1S/C9H14N2O2/c1-2-3-4-13-9(12)11-6-8(5-10)7-11/h8H,2-4,6-7H2,1H3. The SMILES string of the molecule is CCCCOC(=O)N1CC(C#N)C1.